The third-order valence-electron chi connectivity index (χ3n) is 6.37. The summed E-state index contributed by atoms with van der Waals surface area (Å²) in [5, 5.41) is 20.5. The lowest BCUT2D eigenvalue weighted by Gasteiger charge is -2.10. The second kappa shape index (κ2) is 10.6. The van der Waals surface area contributed by atoms with Crippen LogP contribution in [0.1, 0.15) is 31.8 Å². The lowest BCUT2D eigenvalue weighted by molar-refractivity contribution is -0.112. The molecular weight excluding hydrogens is 578 g/mol. The van der Waals surface area contributed by atoms with Gasteiger partial charge in [-0.25, -0.2) is 4.79 Å². The van der Waals surface area contributed by atoms with E-state index in [2.05, 4.69) is 20.6 Å². The van der Waals surface area contributed by atoms with E-state index in [4.69, 9.17) is 16.2 Å². The summed E-state index contributed by atoms with van der Waals surface area (Å²) >= 11 is 2.19. The van der Waals surface area contributed by atoms with Crippen LogP contribution in [0.2, 0.25) is 0 Å². The predicted octanol–water partition coefficient (Wildman–Crippen LogP) is 4.29. The van der Waals surface area contributed by atoms with Crippen molar-refractivity contribution in [2.24, 2.45) is 15.9 Å². The highest BCUT2D eigenvalue weighted by Gasteiger charge is 2.33. The molecule has 14 heteroatoms. The second-order valence-electron chi connectivity index (χ2n) is 8.90. The number of rotatable bonds is 7. The molecule has 0 saturated carbocycles. The zero-order valence-electron chi connectivity index (χ0n) is 21.8. The Labute approximate surface area is 245 Å². The van der Waals surface area contributed by atoms with E-state index < -0.39 is 11.9 Å². The van der Waals surface area contributed by atoms with Crippen molar-refractivity contribution in [2.75, 3.05) is 22.8 Å². The topological polar surface area (TPSA) is 186 Å². The number of phenols is 1. The van der Waals surface area contributed by atoms with Crippen LogP contribution in [0.25, 0.3) is 20.3 Å². The Kier molecular flexibility index (Phi) is 6.76. The predicted molar refractivity (Wildman–Crippen MR) is 164 cm³/mol. The number of pyridine rings is 1. The largest absolute Gasteiger partial charge is 0.506 e. The molecule has 3 aromatic heterocycles. The molecular formula is C28H21N7O5S2. The number of ketones is 1. The normalized spacial score (nSPS) is 14.1. The van der Waals surface area contributed by atoms with Gasteiger partial charge in [0.05, 0.1) is 33.1 Å². The fourth-order valence-electron chi connectivity index (χ4n) is 4.45. The number of carbonyl (C=O) groups is 3. The molecule has 12 nitrogen and oxygen atoms in total. The average Bonchev–Trinajstić information content (AvgIpc) is 3.62. The van der Waals surface area contributed by atoms with Gasteiger partial charge in [-0.05, 0) is 37.3 Å². The van der Waals surface area contributed by atoms with E-state index in [9.17, 15) is 19.5 Å². The minimum absolute atomic E-state index is 0.0536. The molecule has 1 aliphatic rings. The molecule has 0 bridgehead atoms. The van der Waals surface area contributed by atoms with Gasteiger partial charge in [-0.3, -0.25) is 20.0 Å². The van der Waals surface area contributed by atoms with Crippen molar-refractivity contribution >= 4 is 89.2 Å². The summed E-state index contributed by atoms with van der Waals surface area (Å²) in [6.07, 6.45) is 1.52. The first-order valence-electron chi connectivity index (χ1n) is 12.5. The minimum atomic E-state index is -0.623. The van der Waals surface area contributed by atoms with E-state index in [1.807, 2.05) is 0 Å². The molecule has 1 amide bonds. The van der Waals surface area contributed by atoms with Crippen LogP contribution in [0, 0.1) is 0 Å². The first-order valence-corrected chi connectivity index (χ1v) is 14.1. The SMILES string of the molecule is CCOC(=O)c1sc2sc(C(=O)c3ccc(O)c4ncccc34)c(N)c2c1N/N=C1\C(=O)N(c2ccccc2)N=C1N. The molecule has 0 aliphatic carbocycles. The van der Waals surface area contributed by atoms with Crippen LogP contribution in [-0.2, 0) is 9.53 Å². The van der Waals surface area contributed by atoms with Crippen LogP contribution in [-0.4, -0.2) is 45.9 Å². The van der Waals surface area contributed by atoms with Crippen LogP contribution in [0.15, 0.2) is 71.0 Å². The lowest BCUT2D eigenvalue weighted by Crippen LogP contribution is -2.31. The highest BCUT2D eigenvalue weighted by Crippen LogP contribution is 2.47. The van der Waals surface area contributed by atoms with Gasteiger partial charge in [0.1, 0.15) is 21.0 Å². The molecule has 0 unspecified atom stereocenters. The Balaban J connectivity index is 1.42. The van der Waals surface area contributed by atoms with Gasteiger partial charge in [0, 0.05) is 17.1 Å². The van der Waals surface area contributed by atoms with Gasteiger partial charge >= 0.3 is 11.9 Å². The van der Waals surface area contributed by atoms with E-state index in [1.54, 1.807) is 49.4 Å². The number of benzene rings is 2. The summed E-state index contributed by atoms with van der Waals surface area (Å²) in [5.41, 5.74) is 16.6. The number of fused-ring (bicyclic) bond motifs is 2. The molecule has 5 aromatic rings. The summed E-state index contributed by atoms with van der Waals surface area (Å²) in [6, 6.07) is 15.0. The number of thiophene rings is 2. The van der Waals surface area contributed by atoms with Gasteiger partial charge in [0.15, 0.2) is 11.5 Å². The number of esters is 1. The first-order chi connectivity index (χ1) is 20.3. The Morgan fingerprint density at radius 2 is 1.83 bits per heavy atom. The van der Waals surface area contributed by atoms with Crippen molar-refractivity contribution in [3.8, 4) is 5.75 Å². The number of aromatic hydroxyl groups is 1. The molecule has 0 atom stereocenters. The third-order valence-corrected chi connectivity index (χ3v) is 8.83. The van der Waals surface area contributed by atoms with E-state index in [0.717, 1.165) is 27.7 Å². The molecule has 0 saturated heterocycles. The molecule has 210 valence electrons. The maximum Gasteiger partial charge on any atom is 0.350 e. The van der Waals surface area contributed by atoms with Crippen LogP contribution in [0.3, 0.4) is 0 Å². The third kappa shape index (κ3) is 4.38. The van der Waals surface area contributed by atoms with E-state index in [1.165, 1.54) is 18.3 Å². The summed E-state index contributed by atoms with van der Waals surface area (Å²) in [5.74, 6) is -1.75. The van der Waals surface area contributed by atoms with Gasteiger partial charge in [-0.2, -0.15) is 10.1 Å². The Morgan fingerprint density at radius 3 is 2.60 bits per heavy atom. The zero-order chi connectivity index (χ0) is 29.5. The summed E-state index contributed by atoms with van der Waals surface area (Å²) in [4.78, 5) is 44.2. The molecule has 42 heavy (non-hydrogen) atoms. The molecule has 6 N–H and O–H groups in total. The first kappa shape index (κ1) is 26.9. The number of carbonyl (C=O) groups excluding carboxylic acids is 3. The number of hydrogen-bond acceptors (Lipinski definition) is 13. The number of para-hydroxylation sites is 1. The maximum atomic E-state index is 13.7. The monoisotopic (exact) mass is 599 g/mol. The highest BCUT2D eigenvalue weighted by atomic mass is 32.2. The number of amidine groups is 1. The number of amides is 1. The molecule has 0 spiro atoms. The average molecular weight is 600 g/mol. The number of nitrogens with zero attached hydrogens (tertiary/aromatic N) is 4. The van der Waals surface area contributed by atoms with Crippen LogP contribution < -0.4 is 21.9 Å². The van der Waals surface area contributed by atoms with Crippen LogP contribution in [0.5, 0.6) is 5.75 Å². The summed E-state index contributed by atoms with van der Waals surface area (Å²) < 4.78 is 5.79. The zero-order valence-corrected chi connectivity index (χ0v) is 23.5. The lowest BCUT2D eigenvalue weighted by atomic mass is 10.0. The Morgan fingerprint density at radius 1 is 1.07 bits per heavy atom. The fraction of sp³-hybridized carbons (Fsp3) is 0.0714. The van der Waals surface area contributed by atoms with Crippen molar-refractivity contribution in [1.82, 2.24) is 4.98 Å². The fourth-order valence-corrected chi connectivity index (χ4v) is 6.93. The number of nitrogens with one attached hydrogen (secondary N) is 1. The van der Waals surface area contributed by atoms with Crippen LogP contribution in [0.4, 0.5) is 17.1 Å². The Hall–Kier alpha value is -5.34. The van der Waals surface area contributed by atoms with Crippen molar-refractivity contribution in [3.05, 3.63) is 76.1 Å². The molecule has 2 aromatic carbocycles. The van der Waals surface area contributed by atoms with E-state index >= 15 is 0 Å². The van der Waals surface area contributed by atoms with Gasteiger partial charge in [0.2, 0.25) is 5.78 Å². The minimum Gasteiger partial charge on any atom is -0.506 e. The Bertz CT molecular complexity index is 1980. The standard InChI is InChI=1S/C28H21N7O5S2/c1-2-40-27(39)24-20(32-33-21-25(30)34-35(26(21)38)13-7-4-3-5-8-13)17-18(29)23(41-28(17)42-24)22(37)15-10-11-16(36)19-14(15)9-6-12-31-19/h3-12,32,36H,2,29H2,1H3,(H2,30,34)/b33-21-. The smallest absolute Gasteiger partial charge is 0.350 e. The van der Waals surface area contributed by atoms with E-state index in [0.29, 0.717) is 26.0 Å². The molecule has 6 rings (SSSR count). The number of anilines is 3. The number of hydrogen-bond donors (Lipinski definition) is 4. The molecule has 1 aliphatic heterocycles. The van der Waals surface area contributed by atoms with Crippen molar-refractivity contribution in [2.45, 2.75) is 6.92 Å². The van der Waals surface area contributed by atoms with Gasteiger partial charge in [0.25, 0.3) is 0 Å². The maximum absolute atomic E-state index is 13.7. The number of ether oxygens (including phenoxy) is 1. The quantitative estimate of drug-likeness (QED) is 0.120. The number of phenolic OH excluding ortho intramolecular Hbond substituents is 1. The summed E-state index contributed by atoms with van der Waals surface area (Å²) in [6.45, 7) is 1.80. The van der Waals surface area contributed by atoms with Crippen molar-refractivity contribution in [1.29, 1.82) is 0 Å². The van der Waals surface area contributed by atoms with Gasteiger partial charge in [-0.1, -0.05) is 24.3 Å². The van der Waals surface area contributed by atoms with Crippen molar-refractivity contribution < 1.29 is 24.2 Å². The molecule has 0 fully saturated rings. The molecule has 4 heterocycles. The number of hydrazone groups is 2. The van der Waals surface area contributed by atoms with Crippen LogP contribution >= 0.6 is 22.7 Å². The number of nitrogens with two attached hydrogens (primary N) is 2. The highest BCUT2D eigenvalue weighted by molar-refractivity contribution is 7.40. The molecule has 0 radical (unpaired) electrons. The van der Waals surface area contributed by atoms with Gasteiger partial charge < -0.3 is 21.3 Å². The van der Waals surface area contributed by atoms with Gasteiger partial charge in [-0.15, -0.1) is 27.8 Å². The van der Waals surface area contributed by atoms with E-state index in [-0.39, 0.29) is 56.3 Å². The number of nitrogen functional groups attached to an aromatic ring is 1. The second-order valence-corrected chi connectivity index (χ2v) is 11.2. The van der Waals surface area contributed by atoms with Crippen molar-refractivity contribution in [3.63, 3.8) is 0 Å². The number of aromatic nitrogens is 1. The summed E-state index contributed by atoms with van der Waals surface area (Å²) in [7, 11) is 0.